The van der Waals surface area contributed by atoms with Crippen molar-refractivity contribution < 1.29 is 23.8 Å². The highest BCUT2D eigenvalue weighted by Crippen LogP contribution is 2.29. The largest absolute Gasteiger partial charge is 0.493 e. The van der Waals surface area contributed by atoms with Gasteiger partial charge in [-0.25, -0.2) is 4.79 Å². The Morgan fingerprint density at radius 3 is 2.29 bits per heavy atom. The molecular formula is C22H21NO5. The smallest absolute Gasteiger partial charge is 0.338 e. The van der Waals surface area contributed by atoms with E-state index >= 15 is 0 Å². The number of anilines is 1. The molecule has 1 amide bonds. The van der Waals surface area contributed by atoms with Crippen LogP contribution in [0.15, 0.2) is 60.7 Å². The first kappa shape index (κ1) is 19.2. The average molecular weight is 379 g/mol. The number of hydrogen-bond donors (Lipinski definition) is 1. The highest BCUT2D eigenvalue weighted by Gasteiger charge is 2.20. The van der Waals surface area contributed by atoms with E-state index in [1.807, 2.05) is 30.3 Å². The van der Waals surface area contributed by atoms with Crippen LogP contribution in [0, 0.1) is 0 Å². The first-order valence-electron chi connectivity index (χ1n) is 8.74. The predicted octanol–water partition coefficient (Wildman–Crippen LogP) is 4.04. The Hall–Kier alpha value is -3.54. The zero-order valence-electron chi connectivity index (χ0n) is 15.9. The molecule has 3 rings (SSSR count). The molecule has 0 saturated carbocycles. The van der Waals surface area contributed by atoms with Gasteiger partial charge in [0.05, 0.1) is 19.8 Å². The molecule has 0 aliphatic rings. The van der Waals surface area contributed by atoms with Gasteiger partial charge in [-0.05, 0) is 42.0 Å². The summed E-state index contributed by atoms with van der Waals surface area (Å²) in [4.78, 5) is 24.8. The quantitative estimate of drug-likeness (QED) is 0.654. The summed E-state index contributed by atoms with van der Waals surface area (Å²) in [6, 6.07) is 18.0. The van der Waals surface area contributed by atoms with E-state index in [0.29, 0.717) is 22.7 Å². The van der Waals surface area contributed by atoms with Gasteiger partial charge in [0.2, 0.25) is 0 Å². The molecular weight excluding hydrogens is 358 g/mol. The summed E-state index contributed by atoms with van der Waals surface area (Å²) >= 11 is 0. The molecule has 1 N–H and O–H groups in total. The number of carbonyl (C=O) groups excluding carboxylic acids is 2. The van der Waals surface area contributed by atoms with Gasteiger partial charge < -0.3 is 19.5 Å². The van der Waals surface area contributed by atoms with E-state index in [4.69, 9.17) is 14.2 Å². The Labute approximate surface area is 163 Å². The molecule has 0 spiro atoms. The lowest BCUT2D eigenvalue weighted by molar-refractivity contribution is -0.123. The number of nitrogens with one attached hydrogen (secondary N) is 1. The van der Waals surface area contributed by atoms with Crippen LogP contribution in [-0.4, -0.2) is 32.2 Å². The topological polar surface area (TPSA) is 73.9 Å². The lowest BCUT2D eigenvalue weighted by atomic mass is 10.1. The number of hydrogen-bond acceptors (Lipinski definition) is 5. The van der Waals surface area contributed by atoms with Crippen molar-refractivity contribution >= 4 is 28.3 Å². The lowest BCUT2D eigenvalue weighted by Crippen LogP contribution is -2.30. The first-order valence-corrected chi connectivity index (χ1v) is 8.74. The number of esters is 1. The first-order chi connectivity index (χ1) is 13.5. The van der Waals surface area contributed by atoms with Crippen LogP contribution in [-0.2, 0) is 9.53 Å². The number of carbonyl (C=O) groups is 2. The van der Waals surface area contributed by atoms with E-state index in [-0.39, 0.29) is 0 Å². The second-order valence-electron chi connectivity index (χ2n) is 6.17. The zero-order valence-corrected chi connectivity index (χ0v) is 15.9. The van der Waals surface area contributed by atoms with Crippen molar-refractivity contribution in [1.29, 1.82) is 0 Å². The highest BCUT2D eigenvalue weighted by atomic mass is 16.5. The monoisotopic (exact) mass is 379 g/mol. The van der Waals surface area contributed by atoms with Gasteiger partial charge in [0, 0.05) is 11.8 Å². The summed E-state index contributed by atoms with van der Waals surface area (Å²) in [5.74, 6) is 0.0412. The number of amides is 1. The Morgan fingerprint density at radius 2 is 1.57 bits per heavy atom. The lowest BCUT2D eigenvalue weighted by Gasteiger charge is -2.15. The average Bonchev–Trinajstić information content (AvgIpc) is 2.73. The van der Waals surface area contributed by atoms with Crippen LogP contribution in [0.3, 0.4) is 0 Å². The molecule has 28 heavy (non-hydrogen) atoms. The van der Waals surface area contributed by atoms with Crippen LogP contribution in [0.4, 0.5) is 5.69 Å². The minimum absolute atomic E-state index is 0.393. The van der Waals surface area contributed by atoms with Gasteiger partial charge in [-0.2, -0.15) is 0 Å². The minimum atomic E-state index is -0.966. The molecule has 1 unspecified atom stereocenters. The molecule has 0 aliphatic carbocycles. The van der Waals surface area contributed by atoms with Crippen LogP contribution in [0.5, 0.6) is 11.5 Å². The number of fused-ring (bicyclic) bond motifs is 1. The molecule has 0 radical (unpaired) electrons. The van der Waals surface area contributed by atoms with Gasteiger partial charge in [-0.1, -0.05) is 30.3 Å². The maximum Gasteiger partial charge on any atom is 0.338 e. The molecule has 0 saturated heterocycles. The van der Waals surface area contributed by atoms with Gasteiger partial charge in [0.1, 0.15) is 0 Å². The van der Waals surface area contributed by atoms with E-state index in [1.54, 1.807) is 30.3 Å². The number of benzene rings is 3. The Balaban J connectivity index is 1.66. The Kier molecular flexibility index (Phi) is 5.79. The van der Waals surface area contributed by atoms with E-state index in [2.05, 4.69) is 5.32 Å². The van der Waals surface area contributed by atoms with Crippen molar-refractivity contribution in [2.75, 3.05) is 19.5 Å². The second-order valence-corrected chi connectivity index (χ2v) is 6.17. The minimum Gasteiger partial charge on any atom is -0.493 e. The normalized spacial score (nSPS) is 11.5. The number of ether oxygens (including phenoxy) is 3. The summed E-state index contributed by atoms with van der Waals surface area (Å²) in [6.07, 6.45) is -0.966. The van der Waals surface area contributed by atoms with Crippen molar-refractivity contribution in [3.63, 3.8) is 0 Å². The van der Waals surface area contributed by atoms with Gasteiger partial charge in [-0.3, -0.25) is 4.79 Å². The van der Waals surface area contributed by atoms with Crippen LogP contribution in [0.2, 0.25) is 0 Å². The van der Waals surface area contributed by atoms with Crippen LogP contribution in [0.1, 0.15) is 17.3 Å². The maximum atomic E-state index is 12.4. The predicted molar refractivity (Wildman–Crippen MR) is 107 cm³/mol. The van der Waals surface area contributed by atoms with Gasteiger partial charge in [-0.15, -0.1) is 0 Å². The second kappa shape index (κ2) is 8.43. The standard InChI is InChI=1S/C22H21NO5/c1-14(21(24)23-18-10-11-19(26-2)20(13-18)27-3)28-22(25)17-9-8-15-6-4-5-7-16(15)12-17/h4-14H,1-3H3,(H,23,24). The van der Waals surface area contributed by atoms with Gasteiger partial charge >= 0.3 is 5.97 Å². The Morgan fingerprint density at radius 1 is 0.857 bits per heavy atom. The van der Waals surface area contributed by atoms with E-state index in [0.717, 1.165) is 10.8 Å². The SMILES string of the molecule is COc1ccc(NC(=O)C(C)OC(=O)c2ccc3ccccc3c2)cc1OC. The van der Waals surface area contributed by atoms with Crippen molar-refractivity contribution in [3.8, 4) is 11.5 Å². The Bertz CT molecular complexity index is 1010. The fraction of sp³-hybridized carbons (Fsp3) is 0.182. The summed E-state index contributed by atoms with van der Waals surface area (Å²) < 4.78 is 15.7. The van der Waals surface area contributed by atoms with Crippen LogP contribution in [0.25, 0.3) is 10.8 Å². The molecule has 6 nitrogen and oxygen atoms in total. The molecule has 0 aromatic heterocycles. The van der Waals surface area contributed by atoms with E-state index < -0.39 is 18.0 Å². The summed E-state index contributed by atoms with van der Waals surface area (Å²) in [6.45, 7) is 1.52. The number of rotatable bonds is 6. The summed E-state index contributed by atoms with van der Waals surface area (Å²) in [5, 5.41) is 4.66. The van der Waals surface area contributed by atoms with Crippen molar-refractivity contribution in [2.24, 2.45) is 0 Å². The van der Waals surface area contributed by atoms with Crippen LogP contribution >= 0.6 is 0 Å². The molecule has 0 fully saturated rings. The van der Waals surface area contributed by atoms with E-state index in [1.165, 1.54) is 21.1 Å². The molecule has 0 bridgehead atoms. The van der Waals surface area contributed by atoms with Crippen LogP contribution < -0.4 is 14.8 Å². The van der Waals surface area contributed by atoms with Gasteiger partial charge in [0.15, 0.2) is 17.6 Å². The molecule has 1 atom stereocenters. The summed E-state index contributed by atoms with van der Waals surface area (Å²) in [7, 11) is 3.04. The third-order valence-corrected chi connectivity index (χ3v) is 4.29. The zero-order chi connectivity index (χ0) is 20.1. The van der Waals surface area contributed by atoms with Crippen molar-refractivity contribution in [2.45, 2.75) is 13.0 Å². The van der Waals surface area contributed by atoms with Gasteiger partial charge in [0.25, 0.3) is 5.91 Å². The fourth-order valence-electron chi connectivity index (χ4n) is 2.76. The highest BCUT2D eigenvalue weighted by molar-refractivity contribution is 5.99. The molecule has 0 aliphatic heterocycles. The molecule has 3 aromatic carbocycles. The van der Waals surface area contributed by atoms with Crippen molar-refractivity contribution in [1.82, 2.24) is 0 Å². The maximum absolute atomic E-state index is 12.4. The number of methoxy groups -OCH3 is 2. The molecule has 0 heterocycles. The summed E-state index contributed by atoms with van der Waals surface area (Å²) in [5.41, 5.74) is 0.903. The third kappa shape index (κ3) is 4.23. The third-order valence-electron chi connectivity index (χ3n) is 4.29. The fourth-order valence-corrected chi connectivity index (χ4v) is 2.76. The van der Waals surface area contributed by atoms with E-state index in [9.17, 15) is 9.59 Å². The molecule has 6 heteroatoms. The molecule has 3 aromatic rings. The van der Waals surface area contributed by atoms with Crippen molar-refractivity contribution in [3.05, 3.63) is 66.2 Å². The molecule has 144 valence electrons.